The Hall–Kier alpha value is -1.88. The lowest BCUT2D eigenvalue weighted by atomic mass is 10.1. The Labute approximate surface area is 111 Å². The van der Waals surface area contributed by atoms with E-state index in [1.165, 1.54) is 12.1 Å². The van der Waals surface area contributed by atoms with Crippen molar-refractivity contribution in [3.05, 3.63) is 35.4 Å². The molecule has 1 amide bonds. The van der Waals surface area contributed by atoms with E-state index in [-0.39, 0.29) is 17.6 Å². The maximum Gasteiger partial charge on any atom is 0.335 e. The van der Waals surface area contributed by atoms with Gasteiger partial charge >= 0.3 is 5.97 Å². The average Bonchev–Trinajstić information content (AvgIpc) is 2.89. The van der Waals surface area contributed by atoms with E-state index >= 15 is 0 Å². The van der Waals surface area contributed by atoms with Gasteiger partial charge in [0, 0.05) is 13.2 Å². The molecule has 0 unspecified atom stereocenters. The summed E-state index contributed by atoms with van der Waals surface area (Å²) in [4.78, 5) is 22.4. The van der Waals surface area contributed by atoms with Gasteiger partial charge in [0.05, 0.1) is 18.1 Å². The third-order valence-corrected chi connectivity index (χ3v) is 3.13. The topological polar surface area (TPSA) is 75.6 Å². The number of hydrogen-bond donors (Lipinski definition) is 2. The number of benzene rings is 1. The predicted octanol–water partition coefficient (Wildman–Crippen LogP) is 1.57. The zero-order chi connectivity index (χ0) is 13.7. The third kappa shape index (κ3) is 4.06. The first-order valence-corrected chi connectivity index (χ1v) is 6.35. The van der Waals surface area contributed by atoms with Gasteiger partial charge in [0.25, 0.3) is 0 Å². The molecule has 0 spiro atoms. The van der Waals surface area contributed by atoms with Crippen LogP contribution >= 0.6 is 0 Å². The summed E-state index contributed by atoms with van der Waals surface area (Å²) in [5.41, 5.74) is 1.13. The standard InChI is InChI=1S/C14H17NO4/c16-13(8-12-2-1-7-19-12)15-9-10-3-5-11(6-4-10)14(17)18/h3-6,12H,1-2,7-9H2,(H,15,16)(H,17,18)/t12-/m1/s1. The van der Waals surface area contributed by atoms with E-state index in [9.17, 15) is 9.59 Å². The van der Waals surface area contributed by atoms with E-state index in [1.807, 2.05) is 0 Å². The van der Waals surface area contributed by atoms with Crippen LogP contribution in [0.1, 0.15) is 35.2 Å². The highest BCUT2D eigenvalue weighted by molar-refractivity contribution is 5.87. The van der Waals surface area contributed by atoms with Crippen LogP contribution in [0.3, 0.4) is 0 Å². The number of rotatable bonds is 5. The normalized spacial score (nSPS) is 18.2. The van der Waals surface area contributed by atoms with Gasteiger partial charge in [0.15, 0.2) is 0 Å². The van der Waals surface area contributed by atoms with E-state index in [1.54, 1.807) is 12.1 Å². The molecule has 1 atom stereocenters. The van der Waals surface area contributed by atoms with E-state index < -0.39 is 5.97 Å². The van der Waals surface area contributed by atoms with Crippen molar-refractivity contribution in [2.45, 2.75) is 31.9 Å². The van der Waals surface area contributed by atoms with Gasteiger partial charge in [-0.3, -0.25) is 4.79 Å². The molecule has 5 nitrogen and oxygen atoms in total. The lowest BCUT2D eigenvalue weighted by molar-refractivity contribution is -0.123. The van der Waals surface area contributed by atoms with Gasteiger partial charge in [-0.25, -0.2) is 4.79 Å². The molecule has 0 bridgehead atoms. The Kier molecular flexibility index (Phi) is 4.52. The monoisotopic (exact) mass is 263 g/mol. The summed E-state index contributed by atoms with van der Waals surface area (Å²) in [6.07, 6.45) is 2.41. The summed E-state index contributed by atoms with van der Waals surface area (Å²) in [7, 11) is 0. The fourth-order valence-electron chi connectivity index (χ4n) is 2.05. The molecule has 1 heterocycles. The van der Waals surface area contributed by atoms with Crippen molar-refractivity contribution in [3.63, 3.8) is 0 Å². The Balaban J connectivity index is 1.77. The van der Waals surface area contributed by atoms with Crippen molar-refractivity contribution in [2.75, 3.05) is 6.61 Å². The minimum absolute atomic E-state index is 0.0331. The fraction of sp³-hybridized carbons (Fsp3) is 0.429. The van der Waals surface area contributed by atoms with Crippen molar-refractivity contribution in [2.24, 2.45) is 0 Å². The number of carboxylic acid groups (broad SMARTS) is 1. The predicted molar refractivity (Wildman–Crippen MR) is 68.8 cm³/mol. The van der Waals surface area contributed by atoms with E-state index in [0.29, 0.717) is 13.0 Å². The molecule has 102 valence electrons. The van der Waals surface area contributed by atoms with Crippen molar-refractivity contribution in [1.29, 1.82) is 0 Å². The summed E-state index contributed by atoms with van der Waals surface area (Å²) in [6.45, 7) is 1.15. The molecule has 1 aliphatic heterocycles. The molecule has 0 radical (unpaired) electrons. The van der Waals surface area contributed by atoms with Crippen LogP contribution in [0.5, 0.6) is 0 Å². The maximum absolute atomic E-state index is 11.7. The van der Waals surface area contributed by atoms with Crippen LogP contribution in [-0.4, -0.2) is 29.7 Å². The van der Waals surface area contributed by atoms with Crippen molar-refractivity contribution in [1.82, 2.24) is 5.32 Å². The van der Waals surface area contributed by atoms with Crippen LogP contribution in [0.4, 0.5) is 0 Å². The van der Waals surface area contributed by atoms with Gasteiger partial charge in [-0.05, 0) is 30.5 Å². The number of carbonyl (C=O) groups is 2. The number of ether oxygens (including phenoxy) is 1. The molecule has 2 N–H and O–H groups in total. The van der Waals surface area contributed by atoms with Crippen molar-refractivity contribution < 1.29 is 19.4 Å². The summed E-state index contributed by atoms with van der Waals surface area (Å²) in [5.74, 6) is -0.983. The van der Waals surface area contributed by atoms with Crippen LogP contribution in [-0.2, 0) is 16.1 Å². The molecule has 1 aromatic carbocycles. The number of nitrogens with one attached hydrogen (secondary N) is 1. The molecule has 0 aromatic heterocycles. The third-order valence-electron chi connectivity index (χ3n) is 3.13. The molecule has 0 saturated carbocycles. The smallest absolute Gasteiger partial charge is 0.335 e. The second kappa shape index (κ2) is 6.33. The van der Waals surface area contributed by atoms with Gasteiger partial charge in [-0.2, -0.15) is 0 Å². The highest BCUT2D eigenvalue weighted by atomic mass is 16.5. The van der Waals surface area contributed by atoms with Gasteiger partial charge in [0.2, 0.25) is 5.91 Å². The highest BCUT2D eigenvalue weighted by Gasteiger charge is 2.18. The number of carbonyl (C=O) groups excluding carboxylic acids is 1. The fourth-order valence-corrected chi connectivity index (χ4v) is 2.05. The number of carboxylic acids is 1. The quantitative estimate of drug-likeness (QED) is 0.845. The number of amides is 1. The van der Waals surface area contributed by atoms with Gasteiger partial charge in [0.1, 0.15) is 0 Å². The molecule has 1 aromatic rings. The first kappa shape index (κ1) is 13.5. The Morgan fingerprint density at radius 1 is 1.32 bits per heavy atom. The summed E-state index contributed by atoms with van der Waals surface area (Å²) in [6, 6.07) is 6.47. The molecular formula is C14H17NO4. The molecule has 5 heteroatoms. The molecule has 19 heavy (non-hydrogen) atoms. The molecule has 2 rings (SSSR count). The molecule has 1 fully saturated rings. The Morgan fingerprint density at radius 3 is 2.63 bits per heavy atom. The van der Waals surface area contributed by atoms with Gasteiger partial charge in [-0.15, -0.1) is 0 Å². The lowest BCUT2D eigenvalue weighted by Crippen LogP contribution is -2.26. The maximum atomic E-state index is 11.7. The zero-order valence-electron chi connectivity index (χ0n) is 10.6. The van der Waals surface area contributed by atoms with Crippen LogP contribution in [0.25, 0.3) is 0 Å². The Morgan fingerprint density at radius 2 is 2.05 bits per heavy atom. The van der Waals surface area contributed by atoms with Crippen molar-refractivity contribution >= 4 is 11.9 Å². The van der Waals surface area contributed by atoms with E-state index in [4.69, 9.17) is 9.84 Å². The number of hydrogen-bond acceptors (Lipinski definition) is 3. The van der Waals surface area contributed by atoms with E-state index in [0.717, 1.165) is 25.0 Å². The largest absolute Gasteiger partial charge is 0.478 e. The second-order valence-electron chi connectivity index (χ2n) is 4.62. The lowest BCUT2D eigenvalue weighted by Gasteiger charge is -2.09. The molecular weight excluding hydrogens is 246 g/mol. The summed E-state index contributed by atoms with van der Waals surface area (Å²) >= 11 is 0. The molecule has 0 aliphatic carbocycles. The first-order valence-electron chi connectivity index (χ1n) is 6.35. The van der Waals surface area contributed by atoms with Crippen LogP contribution < -0.4 is 5.32 Å². The minimum Gasteiger partial charge on any atom is -0.478 e. The van der Waals surface area contributed by atoms with Crippen LogP contribution in [0.2, 0.25) is 0 Å². The summed E-state index contributed by atoms with van der Waals surface area (Å²) in [5, 5.41) is 11.6. The second-order valence-corrected chi connectivity index (χ2v) is 4.62. The van der Waals surface area contributed by atoms with Crippen LogP contribution in [0.15, 0.2) is 24.3 Å². The molecule has 1 aliphatic rings. The SMILES string of the molecule is O=C(C[C@H]1CCCO1)NCc1ccc(C(=O)O)cc1. The first-order chi connectivity index (χ1) is 9.15. The summed E-state index contributed by atoms with van der Waals surface area (Å²) < 4.78 is 5.39. The molecule has 1 saturated heterocycles. The van der Waals surface area contributed by atoms with Crippen molar-refractivity contribution in [3.8, 4) is 0 Å². The average molecular weight is 263 g/mol. The van der Waals surface area contributed by atoms with Gasteiger partial charge < -0.3 is 15.2 Å². The van der Waals surface area contributed by atoms with Gasteiger partial charge in [-0.1, -0.05) is 12.1 Å². The van der Waals surface area contributed by atoms with E-state index in [2.05, 4.69) is 5.32 Å². The minimum atomic E-state index is -0.950. The Bertz CT molecular complexity index is 449. The zero-order valence-corrected chi connectivity index (χ0v) is 10.6. The number of aromatic carboxylic acids is 1. The highest BCUT2D eigenvalue weighted by Crippen LogP contribution is 2.15. The van der Waals surface area contributed by atoms with Crippen LogP contribution in [0, 0.1) is 0 Å².